The van der Waals surface area contributed by atoms with Crippen molar-refractivity contribution in [1.82, 2.24) is 14.5 Å². The summed E-state index contributed by atoms with van der Waals surface area (Å²) in [6.07, 6.45) is 2.31. The summed E-state index contributed by atoms with van der Waals surface area (Å²) in [6.45, 7) is 9.47. The van der Waals surface area contributed by atoms with Crippen LogP contribution in [0.5, 0.6) is 0 Å². The molecule has 0 N–H and O–H groups in total. The van der Waals surface area contributed by atoms with Crippen molar-refractivity contribution in [2.24, 2.45) is 5.92 Å². The minimum absolute atomic E-state index is 0.0525. The lowest BCUT2D eigenvalue weighted by Crippen LogP contribution is -2.42. The quantitative estimate of drug-likeness (QED) is 0.319. The Balaban J connectivity index is 1.62. The predicted octanol–water partition coefficient (Wildman–Crippen LogP) is 6.23. The number of aryl methyl sites for hydroxylation is 1. The van der Waals surface area contributed by atoms with E-state index in [0.29, 0.717) is 23.9 Å². The normalized spacial score (nSPS) is 16.4. The maximum absolute atomic E-state index is 14.2. The van der Waals surface area contributed by atoms with E-state index >= 15 is 0 Å². The summed E-state index contributed by atoms with van der Waals surface area (Å²) >= 11 is 0. The third kappa shape index (κ3) is 5.19. The van der Waals surface area contributed by atoms with Crippen LogP contribution in [0, 0.1) is 12.8 Å². The number of rotatable bonds is 6. The molecular formula is C32H38N4O. The van der Waals surface area contributed by atoms with Gasteiger partial charge >= 0.3 is 0 Å². The van der Waals surface area contributed by atoms with E-state index in [-0.39, 0.29) is 5.56 Å². The summed E-state index contributed by atoms with van der Waals surface area (Å²) in [5.74, 6) is 1.21. The number of fused-ring (bicyclic) bond motifs is 1. The molecule has 1 aliphatic heterocycles. The highest BCUT2D eigenvalue weighted by Gasteiger charge is 2.24. The van der Waals surface area contributed by atoms with Crippen LogP contribution in [-0.4, -0.2) is 47.7 Å². The fraction of sp³-hybridized carbons (Fsp3) is 0.375. The predicted molar refractivity (Wildman–Crippen MR) is 155 cm³/mol. The van der Waals surface area contributed by atoms with Gasteiger partial charge in [-0.1, -0.05) is 42.5 Å². The number of aromatic nitrogens is 2. The van der Waals surface area contributed by atoms with Crippen LogP contribution in [0.15, 0.2) is 71.5 Å². The number of likely N-dealkylation sites (tertiary alicyclic amines) is 1. The Hall–Kier alpha value is -3.44. The van der Waals surface area contributed by atoms with Crippen molar-refractivity contribution in [2.45, 2.75) is 46.2 Å². The van der Waals surface area contributed by atoms with Gasteiger partial charge in [0.1, 0.15) is 5.82 Å². The second kappa shape index (κ2) is 10.5. The minimum Gasteiger partial charge on any atom is -0.378 e. The Kier molecular flexibility index (Phi) is 7.16. The van der Waals surface area contributed by atoms with Gasteiger partial charge < -0.3 is 9.80 Å². The lowest BCUT2D eigenvalue weighted by molar-refractivity contribution is 0.130. The first-order valence-electron chi connectivity index (χ1n) is 13.4. The second-order valence-electron chi connectivity index (χ2n) is 10.9. The van der Waals surface area contributed by atoms with Gasteiger partial charge in [0.2, 0.25) is 0 Å². The highest BCUT2D eigenvalue weighted by molar-refractivity contribution is 5.85. The van der Waals surface area contributed by atoms with Crippen LogP contribution < -0.4 is 10.5 Å². The number of hydrogen-bond acceptors (Lipinski definition) is 4. The van der Waals surface area contributed by atoms with Crippen LogP contribution in [0.25, 0.3) is 33.4 Å². The molecule has 2 heterocycles. The number of hydrogen-bond donors (Lipinski definition) is 0. The van der Waals surface area contributed by atoms with Crippen molar-refractivity contribution in [3.05, 3.63) is 82.6 Å². The highest BCUT2D eigenvalue weighted by atomic mass is 16.1. The zero-order chi connectivity index (χ0) is 26.1. The van der Waals surface area contributed by atoms with E-state index < -0.39 is 0 Å². The molecule has 1 fully saturated rings. The molecule has 5 rings (SSSR count). The molecule has 0 bridgehead atoms. The highest BCUT2D eigenvalue weighted by Crippen LogP contribution is 2.28. The molecule has 5 heteroatoms. The molecule has 1 aliphatic rings. The first kappa shape index (κ1) is 25.2. The van der Waals surface area contributed by atoms with E-state index in [1.54, 1.807) is 0 Å². The summed E-state index contributed by atoms with van der Waals surface area (Å²) in [6, 6.07) is 23.3. The first-order valence-corrected chi connectivity index (χ1v) is 13.4. The summed E-state index contributed by atoms with van der Waals surface area (Å²) < 4.78 is 1.96. The SMILES string of the molecule is Cc1ccccc1-c1nc2ccc(-c3ccc(N(C)C)cc3)cc2c(=O)n1CC1CCCN(C(C)C)C1. The van der Waals surface area contributed by atoms with Gasteiger partial charge in [-0.3, -0.25) is 9.36 Å². The minimum atomic E-state index is 0.0525. The van der Waals surface area contributed by atoms with Gasteiger partial charge in [-0.25, -0.2) is 4.98 Å². The van der Waals surface area contributed by atoms with Crippen molar-refractivity contribution in [3.8, 4) is 22.5 Å². The van der Waals surface area contributed by atoms with E-state index in [1.165, 1.54) is 6.42 Å². The lowest BCUT2D eigenvalue weighted by Gasteiger charge is -2.36. The average Bonchev–Trinajstić information content (AvgIpc) is 2.90. The molecule has 5 nitrogen and oxygen atoms in total. The Morgan fingerprint density at radius 2 is 1.73 bits per heavy atom. The van der Waals surface area contributed by atoms with Gasteiger partial charge in [0.25, 0.3) is 5.56 Å². The summed E-state index contributed by atoms with van der Waals surface area (Å²) in [5, 5.41) is 0.683. The van der Waals surface area contributed by atoms with Crippen LogP contribution in [-0.2, 0) is 6.54 Å². The monoisotopic (exact) mass is 494 g/mol. The standard InChI is InChI=1S/C32H38N4O/c1-22(2)35-18-8-10-24(20-35)21-36-31(28-11-7-6-9-23(28)3)33-30-17-14-26(19-29(30)32(36)37)25-12-15-27(16-13-25)34(4)5/h6-7,9,11-17,19,22,24H,8,10,18,20-21H2,1-5H3. The zero-order valence-corrected chi connectivity index (χ0v) is 22.7. The maximum atomic E-state index is 14.2. The third-order valence-electron chi connectivity index (χ3n) is 7.78. The van der Waals surface area contributed by atoms with Crippen LogP contribution in [0.2, 0.25) is 0 Å². The molecule has 0 saturated carbocycles. The number of benzene rings is 3. The zero-order valence-electron chi connectivity index (χ0n) is 22.7. The smallest absolute Gasteiger partial charge is 0.261 e. The van der Waals surface area contributed by atoms with Gasteiger partial charge in [0, 0.05) is 44.5 Å². The molecule has 1 unspecified atom stereocenters. The lowest BCUT2D eigenvalue weighted by atomic mass is 9.96. The number of anilines is 1. The molecule has 0 spiro atoms. The molecule has 0 amide bonds. The van der Waals surface area contributed by atoms with Gasteiger partial charge in [0.05, 0.1) is 10.9 Å². The molecule has 1 aromatic heterocycles. The van der Waals surface area contributed by atoms with E-state index in [2.05, 4.69) is 73.0 Å². The average molecular weight is 495 g/mol. The Labute approximate surface area is 220 Å². The molecule has 1 atom stereocenters. The van der Waals surface area contributed by atoms with Crippen molar-refractivity contribution in [3.63, 3.8) is 0 Å². The van der Waals surface area contributed by atoms with E-state index in [9.17, 15) is 4.79 Å². The molecule has 3 aromatic carbocycles. The second-order valence-corrected chi connectivity index (χ2v) is 10.9. The number of nitrogens with zero attached hydrogens (tertiary/aromatic N) is 4. The third-order valence-corrected chi connectivity index (χ3v) is 7.78. The van der Waals surface area contributed by atoms with Crippen molar-refractivity contribution >= 4 is 16.6 Å². The number of piperidine rings is 1. The van der Waals surface area contributed by atoms with Crippen LogP contribution >= 0.6 is 0 Å². The molecule has 37 heavy (non-hydrogen) atoms. The van der Waals surface area contributed by atoms with Gasteiger partial charge in [0.15, 0.2) is 0 Å². The fourth-order valence-electron chi connectivity index (χ4n) is 5.52. The molecular weight excluding hydrogens is 456 g/mol. The van der Waals surface area contributed by atoms with Crippen molar-refractivity contribution in [2.75, 3.05) is 32.1 Å². The Morgan fingerprint density at radius 1 is 1.00 bits per heavy atom. The first-order chi connectivity index (χ1) is 17.8. The van der Waals surface area contributed by atoms with Gasteiger partial charge in [-0.15, -0.1) is 0 Å². The Bertz CT molecular complexity index is 1450. The molecule has 192 valence electrons. The fourth-order valence-corrected chi connectivity index (χ4v) is 5.52. The van der Waals surface area contributed by atoms with E-state index in [1.807, 2.05) is 42.9 Å². The maximum Gasteiger partial charge on any atom is 0.261 e. The Morgan fingerprint density at radius 3 is 2.43 bits per heavy atom. The molecule has 0 radical (unpaired) electrons. The molecule has 1 saturated heterocycles. The van der Waals surface area contributed by atoms with E-state index in [0.717, 1.165) is 58.8 Å². The largest absolute Gasteiger partial charge is 0.378 e. The summed E-state index contributed by atoms with van der Waals surface area (Å²) in [7, 11) is 4.08. The van der Waals surface area contributed by atoms with Crippen LogP contribution in [0.1, 0.15) is 32.3 Å². The molecule has 4 aromatic rings. The topological polar surface area (TPSA) is 41.4 Å². The molecule has 0 aliphatic carbocycles. The van der Waals surface area contributed by atoms with Crippen LogP contribution in [0.3, 0.4) is 0 Å². The van der Waals surface area contributed by atoms with Gasteiger partial charge in [-0.2, -0.15) is 0 Å². The van der Waals surface area contributed by atoms with Crippen molar-refractivity contribution < 1.29 is 0 Å². The van der Waals surface area contributed by atoms with E-state index in [4.69, 9.17) is 4.98 Å². The van der Waals surface area contributed by atoms with Crippen LogP contribution in [0.4, 0.5) is 5.69 Å². The van der Waals surface area contributed by atoms with Crippen molar-refractivity contribution in [1.29, 1.82) is 0 Å². The van der Waals surface area contributed by atoms with Gasteiger partial charge in [-0.05, 0) is 87.0 Å². The summed E-state index contributed by atoms with van der Waals surface area (Å²) in [5.41, 5.74) is 6.25. The summed E-state index contributed by atoms with van der Waals surface area (Å²) in [4.78, 5) is 23.9.